The lowest BCUT2D eigenvalue weighted by molar-refractivity contribution is -0.332. The van der Waals surface area contributed by atoms with Crippen LogP contribution in [0.25, 0.3) is 0 Å². The van der Waals surface area contributed by atoms with E-state index in [0.29, 0.717) is 13.0 Å². The Morgan fingerprint density at radius 3 is 1.20 bits per heavy atom. The highest BCUT2D eigenvalue weighted by Gasteiger charge is 2.47. The zero-order valence-electron chi connectivity index (χ0n) is 48.5. The monoisotopic (exact) mass is 1090 g/mol. The summed E-state index contributed by atoms with van der Waals surface area (Å²) in [7, 11) is 0. The van der Waals surface area contributed by atoms with E-state index in [0.717, 1.165) is 38.5 Å². The van der Waals surface area contributed by atoms with Crippen LogP contribution in [0.15, 0.2) is 12.2 Å². The molecule has 2 saturated heterocycles. The molecule has 76 heavy (non-hydrogen) atoms. The van der Waals surface area contributed by atoms with E-state index in [4.69, 9.17) is 28.4 Å². The Kier molecular flexibility index (Phi) is 46.2. The van der Waals surface area contributed by atoms with Crippen molar-refractivity contribution in [1.29, 1.82) is 0 Å². The average molecular weight is 1090 g/mol. The maximum atomic E-state index is 13.1. The lowest BCUT2D eigenvalue weighted by atomic mass is 9.98. The Bertz CT molecular complexity index is 1310. The highest BCUT2D eigenvalue weighted by Crippen LogP contribution is 2.27. The number of ether oxygens (including phenoxy) is 6. The summed E-state index contributed by atoms with van der Waals surface area (Å²) in [5.41, 5.74) is 0. The van der Waals surface area contributed by atoms with Gasteiger partial charge in [-0.25, -0.2) is 0 Å². The smallest absolute Gasteiger partial charge is 0.306 e. The zero-order chi connectivity index (χ0) is 55.1. The van der Waals surface area contributed by atoms with E-state index < -0.39 is 80.7 Å². The number of hydrogen-bond donors (Lipinski definition) is 7. The van der Waals surface area contributed by atoms with Crippen LogP contribution in [-0.2, 0) is 33.2 Å². The molecule has 14 heteroatoms. The molecule has 0 radical (unpaired) electrons. The summed E-state index contributed by atoms with van der Waals surface area (Å²) in [5.74, 6) is -0.368. The minimum absolute atomic E-state index is 0.0671. The molecule has 14 nitrogen and oxygen atoms in total. The fraction of sp³-hybridized carbons (Fsp3) is 0.952. The molecule has 0 aromatic rings. The quantitative estimate of drug-likeness (QED) is 0.0172. The minimum Gasteiger partial charge on any atom is -0.457 e. The fourth-order valence-corrected chi connectivity index (χ4v) is 10.4. The second kappa shape index (κ2) is 49.5. The number of rotatable bonds is 53. The Balaban J connectivity index is 1.67. The van der Waals surface area contributed by atoms with E-state index in [1.807, 2.05) is 0 Å². The number of unbranched alkanes of at least 4 members (excludes halogenated alkanes) is 37. The van der Waals surface area contributed by atoms with Crippen molar-refractivity contribution in [2.24, 2.45) is 0 Å². The number of allylic oxidation sites excluding steroid dienone is 2. The highest BCUT2D eigenvalue weighted by molar-refractivity contribution is 5.69. The van der Waals surface area contributed by atoms with E-state index >= 15 is 0 Å². The molecule has 0 aliphatic carbocycles. The van der Waals surface area contributed by atoms with Crippen molar-refractivity contribution >= 4 is 5.97 Å². The third kappa shape index (κ3) is 35.5. The summed E-state index contributed by atoms with van der Waals surface area (Å²) < 4.78 is 34.5. The average Bonchev–Trinajstić information content (AvgIpc) is 3.42. The van der Waals surface area contributed by atoms with Crippen LogP contribution >= 0.6 is 0 Å². The summed E-state index contributed by atoms with van der Waals surface area (Å²) >= 11 is 0. The summed E-state index contributed by atoms with van der Waals surface area (Å²) in [6.07, 6.45) is 39.9. The number of aliphatic hydroxyl groups excluding tert-OH is 7. The van der Waals surface area contributed by atoms with Gasteiger partial charge in [-0.05, 0) is 38.5 Å². The van der Waals surface area contributed by atoms with Gasteiger partial charge < -0.3 is 64.2 Å². The lowest BCUT2D eigenvalue weighted by Crippen LogP contribution is -2.61. The standard InChI is InChI=1S/C62H118O14/c1-3-5-7-9-11-13-15-17-19-21-23-25-26-28-30-32-34-36-38-40-42-44-46-71-48-51(74-54(64)45-43-41-39-37-35-33-31-29-27-24-22-20-18-16-14-12-10-8-6-4-2)49-72-61-60(70)58(68)56(66)53(76-61)50-73-62-59(69)57(67)55(65)52(47-63)75-62/h21,23,51-53,55-63,65-70H,3-20,22,24-50H2,1-2H3/b23-21-. The first-order chi connectivity index (χ1) is 37.1. The molecule has 0 amide bonds. The van der Waals surface area contributed by atoms with Gasteiger partial charge in [0, 0.05) is 13.0 Å². The van der Waals surface area contributed by atoms with E-state index in [9.17, 15) is 40.5 Å². The van der Waals surface area contributed by atoms with Gasteiger partial charge in [-0.15, -0.1) is 0 Å². The van der Waals surface area contributed by atoms with Gasteiger partial charge in [-0.1, -0.05) is 244 Å². The number of carbonyl (C=O) groups is 1. The molecular weight excluding hydrogens is 969 g/mol. The zero-order valence-corrected chi connectivity index (χ0v) is 48.5. The number of carbonyl (C=O) groups excluding carboxylic acids is 1. The van der Waals surface area contributed by atoms with Gasteiger partial charge in [0.15, 0.2) is 12.6 Å². The third-order valence-corrected chi connectivity index (χ3v) is 15.5. The number of esters is 1. The molecule has 0 spiro atoms. The molecular formula is C62H118O14. The van der Waals surface area contributed by atoms with Crippen molar-refractivity contribution in [2.75, 3.05) is 33.0 Å². The van der Waals surface area contributed by atoms with Gasteiger partial charge in [0.25, 0.3) is 0 Å². The fourth-order valence-electron chi connectivity index (χ4n) is 10.4. The van der Waals surface area contributed by atoms with Crippen molar-refractivity contribution in [3.63, 3.8) is 0 Å². The van der Waals surface area contributed by atoms with E-state index in [1.165, 1.54) is 212 Å². The highest BCUT2D eigenvalue weighted by atomic mass is 16.7. The molecule has 0 bridgehead atoms. The molecule has 2 heterocycles. The van der Waals surface area contributed by atoms with Crippen LogP contribution in [0.4, 0.5) is 0 Å². The van der Waals surface area contributed by atoms with E-state index in [2.05, 4.69) is 26.0 Å². The maximum Gasteiger partial charge on any atom is 0.306 e. The van der Waals surface area contributed by atoms with Crippen molar-refractivity contribution in [1.82, 2.24) is 0 Å². The van der Waals surface area contributed by atoms with E-state index in [1.54, 1.807) is 0 Å². The van der Waals surface area contributed by atoms with Crippen molar-refractivity contribution in [2.45, 2.75) is 345 Å². The van der Waals surface area contributed by atoms with Gasteiger partial charge in [0.2, 0.25) is 0 Å². The molecule has 0 saturated carbocycles. The number of hydrogen-bond acceptors (Lipinski definition) is 14. The summed E-state index contributed by atoms with van der Waals surface area (Å²) in [4.78, 5) is 13.1. The van der Waals surface area contributed by atoms with Crippen LogP contribution in [0.1, 0.15) is 277 Å². The molecule has 7 N–H and O–H groups in total. The minimum atomic E-state index is -1.70. The summed E-state index contributed by atoms with van der Waals surface area (Å²) in [6.45, 7) is 3.76. The van der Waals surface area contributed by atoms with Crippen molar-refractivity contribution in [3.8, 4) is 0 Å². The van der Waals surface area contributed by atoms with Gasteiger partial charge in [-0.3, -0.25) is 4.79 Å². The Hall–Kier alpha value is -1.27. The molecule has 2 rings (SSSR count). The molecule has 2 fully saturated rings. The van der Waals surface area contributed by atoms with Crippen LogP contribution in [0.2, 0.25) is 0 Å². The van der Waals surface area contributed by atoms with Crippen molar-refractivity contribution in [3.05, 3.63) is 12.2 Å². The molecule has 0 aromatic carbocycles. The van der Waals surface area contributed by atoms with Crippen LogP contribution in [-0.4, -0.2) is 142 Å². The van der Waals surface area contributed by atoms with Crippen molar-refractivity contribution < 1.29 is 69.0 Å². The lowest BCUT2D eigenvalue weighted by Gasteiger charge is -2.42. The summed E-state index contributed by atoms with van der Waals surface area (Å²) in [6, 6.07) is 0. The normalized spacial score (nSPS) is 24.4. The Morgan fingerprint density at radius 2 is 0.776 bits per heavy atom. The second-order valence-corrected chi connectivity index (χ2v) is 22.6. The summed E-state index contributed by atoms with van der Waals surface area (Å²) in [5, 5.41) is 72.5. The molecule has 11 atom stereocenters. The first kappa shape index (κ1) is 70.8. The first-order valence-corrected chi connectivity index (χ1v) is 31.8. The van der Waals surface area contributed by atoms with Gasteiger partial charge in [-0.2, -0.15) is 0 Å². The molecule has 2 aliphatic rings. The second-order valence-electron chi connectivity index (χ2n) is 22.6. The SMILES string of the molecule is CCCCCCCCCC/C=C\CCCCCCCCCCCCOCC(COC1OC(COC2OC(CO)C(O)C(O)C2O)C(O)C(O)C1O)OC(=O)CCCCCCCCCCCCCCCCCCCCCC. The van der Waals surface area contributed by atoms with Crippen LogP contribution in [0.5, 0.6) is 0 Å². The molecule has 2 aliphatic heterocycles. The maximum absolute atomic E-state index is 13.1. The van der Waals surface area contributed by atoms with Gasteiger partial charge in [0.1, 0.15) is 54.9 Å². The van der Waals surface area contributed by atoms with Crippen LogP contribution in [0.3, 0.4) is 0 Å². The largest absolute Gasteiger partial charge is 0.457 e. The van der Waals surface area contributed by atoms with Gasteiger partial charge in [0.05, 0.1) is 26.4 Å². The predicted molar refractivity (Wildman–Crippen MR) is 303 cm³/mol. The Labute approximate surface area is 463 Å². The Morgan fingerprint density at radius 1 is 0.421 bits per heavy atom. The molecule has 0 aromatic heterocycles. The molecule has 11 unspecified atom stereocenters. The van der Waals surface area contributed by atoms with E-state index in [-0.39, 0.29) is 25.6 Å². The van der Waals surface area contributed by atoms with Crippen LogP contribution < -0.4 is 0 Å². The first-order valence-electron chi connectivity index (χ1n) is 31.8. The third-order valence-electron chi connectivity index (χ3n) is 15.5. The van der Waals surface area contributed by atoms with Gasteiger partial charge >= 0.3 is 5.97 Å². The molecule has 450 valence electrons. The number of aliphatic hydroxyl groups is 7. The topological polar surface area (TPSA) is 214 Å². The van der Waals surface area contributed by atoms with Crippen LogP contribution in [0, 0.1) is 0 Å². The predicted octanol–water partition coefficient (Wildman–Crippen LogP) is 12.1.